The van der Waals surface area contributed by atoms with Gasteiger partial charge in [-0.25, -0.2) is 0 Å². The summed E-state index contributed by atoms with van der Waals surface area (Å²) >= 11 is 7.49. The number of hydrogen-bond donors (Lipinski definition) is 1. The standard InChI is InChI=1S/C11H12ClNOS/c1-8(10-2-3-11(12)15-10)13-6-9-4-5-14-7-9/h2-5,7-8,13H,6H2,1H3. The van der Waals surface area contributed by atoms with Crippen LogP contribution in [0.4, 0.5) is 0 Å². The Morgan fingerprint density at radius 1 is 1.47 bits per heavy atom. The van der Waals surface area contributed by atoms with Crippen molar-refractivity contribution in [2.45, 2.75) is 19.5 Å². The molecular weight excluding hydrogens is 230 g/mol. The molecule has 0 amide bonds. The summed E-state index contributed by atoms with van der Waals surface area (Å²) in [6, 6.07) is 6.26. The van der Waals surface area contributed by atoms with Crippen LogP contribution in [0.25, 0.3) is 0 Å². The van der Waals surface area contributed by atoms with Gasteiger partial charge >= 0.3 is 0 Å². The molecule has 2 nitrogen and oxygen atoms in total. The number of hydrogen-bond acceptors (Lipinski definition) is 3. The summed E-state index contributed by atoms with van der Waals surface area (Å²) in [6.07, 6.45) is 3.44. The van der Waals surface area contributed by atoms with E-state index in [1.807, 2.05) is 12.1 Å². The third-order valence-electron chi connectivity index (χ3n) is 2.21. The first-order valence-electron chi connectivity index (χ1n) is 4.75. The third-order valence-corrected chi connectivity index (χ3v) is 3.63. The van der Waals surface area contributed by atoms with Gasteiger partial charge in [-0.3, -0.25) is 0 Å². The normalized spacial score (nSPS) is 12.9. The Morgan fingerprint density at radius 2 is 2.33 bits per heavy atom. The van der Waals surface area contributed by atoms with Crippen LogP contribution in [0.3, 0.4) is 0 Å². The van der Waals surface area contributed by atoms with Gasteiger partial charge < -0.3 is 9.73 Å². The van der Waals surface area contributed by atoms with Crippen LogP contribution in [0.2, 0.25) is 4.34 Å². The highest BCUT2D eigenvalue weighted by molar-refractivity contribution is 7.16. The van der Waals surface area contributed by atoms with E-state index in [0.29, 0.717) is 6.04 Å². The van der Waals surface area contributed by atoms with Crippen molar-refractivity contribution in [3.8, 4) is 0 Å². The Kier molecular flexibility index (Phi) is 3.46. The van der Waals surface area contributed by atoms with E-state index in [9.17, 15) is 0 Å². The van der Waals surface area contributed by atoms with Gasteiger partial charge in [0, 0.05) is 23.0 Å². The molecule has 2 rings (SSSR count). The molecule has 1 N–H and O–H groups in total. The molecule has 0 fully saturated rings. The van der Waals surface area contributed by atoms with Crippen LogP contribution in [-0.4, -0.2) is 0 Å². The second-order valence-corrected chi connectivity index (χ2v) is 5.12. The van der Waals surface area contributed by atoms with E-state index in [0.717, 1.165) is 16.4 Å². The molecule has 1 atom stereocenters. The predicted octanol–water partition coefficient (Wildman–Crippen LogP) is 3.85. The van der Waals surface area contributed by atoms with Crippen molar-refractivity contribution < 1.29 is 4.42 Å². The Balaban J connectivity index is 1.90. The van der Waals surface area contributed by atoms with Gasteiger partial charge in [0.05, 0.1) is 16.9 Å². The van der Waals surface area contributed by atoms with Gasteiger partial charge in [-0.2, -0.15) is 0 Å². The lowest BCUT2D eigenvalue weighted by Crippen LogP contribution is -2.16. The predicted molar refractivity (Wildman–Crippen MR) is 63.3 cm³/mol. The first kappa shape index (κ1) is 10.7. The van der Waals surface area contributed by atoms with Gasteiger partial charge in [-0.1, -0.05) is 11.6 Å². The van der Waals surface area contributed by atoms with Crippen LogP contribution in [0, 0.1) is 0 Å². The van der Waals surface area contributed by atoms with Gasteiger partial charge in [0.2, 0.25) is 0 Å². The van der Waals surface area contributed by atoms with E-state index < -0.39 is 0 Å². The number of thiophene rings is 1. The lowest BCUT2D eigenvalue weighted by molar-refractivity contribution is 0.549. The quantitative estimate of drug-likeness (QED) is 0.880. The summed E-state index contributed by atoms with van der Waals surface area (Å²) in [6.45, 7) is 2.94. The Morgan fingerprint density at radius 3 is 2.93 bits per heavy atom. The van der Waals surface area contributed by atoms with Gasteiger partial charge in [-0.05, 0) is 25.1 Å². The maximum Gasteiger partial charge on any atom is 0.0947 e. The number of rotatable bonds is 4. The molecule has 1 unspecified atom stereocenters. The van der Waals surface area contributed by atoms with Crippen LogP contribution in [-0.2, 0) is 6.54 Å². The Hall–Kier alpha value is -0.770. The molecule has 0 aromatic carbocycles. The molecular formula is C11H12ClNOS. The summed E-state index contributed by atoms with van der Waals surface area (Å²) in [5, 5.41) is 3.41. The maximum absolute atomic E-state index is 5.88. The smallest absolute Gasteiger partial charge is 0.0947 e. The van der Waals surface area contributed by atoms with Gasteiger partial charge in [0.1, 0.15) is 0 Å². The molecule has 2 aromatic rings. The van der Waals surface area contributed by atoms with Crippen LogP contribution in [0.5, 0.6) is 0 Å². The summed E-state index contributed by atoms with van der Waals surface area (Å²) < 4.78 is 5.83. The second-order valence-electron chi connectivity index (χ2n) is 3.38. The van der Waals surface area contributed by atoms with Crippen molar-refractivity contribution in [1.82, 2.24) is 5.32 Å². The van der Waals surface area contributed by atoms with E-state index in [-0.39, 0.29) is 0 Å². The molecule has 2 aromatic heterocycles. The number of nitrogens with one attached hydrogen (secondary N) is 1. The molecule has 0 radical (unpaired) electrons. The van der Waals surface area contributed by atoms with Gasteiger partial charge in [0.15, 0.2) is 0 Å². The van der Waals surface area contributed by atoms with E-state index in [4.69, 9.17) is 16.0 Å². The summed E-state index contributed by atoms with van der Waals surface area (Å²) in [5.41, 5.74) is 1.16. The molecule has 15 heavy (non-hydrogen) atoms. The van der Waals surface area contributed by atoms with Crippen LogP contribution >= 0.6 is 22.9 Å². The molecule has 0 saturated heterocycles. The average Bonchev–Trinajstić information content (AvgIpc) is 2.84. The molecule has 0 spiro atoms. The molecule has 0 bridgehead atoms. The highest BCUT2D eigenvalue weighted by Crippen LogP contribution is 2.26. The SMILES string of the molecule is CC(NCc1ccoc1)c1ccc(Cl)s1. The van der Waals surface area contributed by atoms with Crippen molar-refractivity contribution >= 4 is 22.9 Å². The van der Waals surface area contributed by atoms with Crippen LogP contribution < -0.4 is 5.32 Å². The molecule has 4 heteroatoms. The van der Waals surface area contributed by atoms with Crippen molar-refractivity contribution in [3.05, 3.63) is 45.5 Å². The first-order chi connectivity index (χ1) is 7.25. The molecule has 0 saturated carbocycles. The zero-order valence-electron chi connectivity index (χ0n) is 8.37. The van der Waals surface area contributed by atoms with Crippen LogP contribution in [0.1, 0.15) is 23.4 Å². The van der Waals surface area contributed by atoms with E-state index in [1.54, 1.807) is 23.9 Å². The zero-order valence-corrected chi connectivity index (χ0v) is 9.94. The molecule has 2 heterocycles. The average molecular weight is 242 g/mol. The molecule has 80 valence electrons. The molecule has 0 aliphatic carbocycles. The van der Waals surface area contributed by atoms with Crippen molar-refractivity contribution in [1.29, 1.82) is 0 Å². The van der Waals surface area contributed by atoms with Crippen molar-refractivity contribution in [2.75, 3.05) is 0 Å². The fourth-order valence-electron chi connectivity index (χ4n) is 1.33. The number of halogens is 1. The minimum absolute atomic E-state index is 0.317. The lowest BCUT2D eigenvalue weighted by Gasteiger charge is -2.10. The molecule has 0 aliphatic heterocycles. The lowest BCUT2D eigenvalue weighted by atomic mass is 10.2. The van der Waals surface area contributed by atoms with Gasteiger partial charge in [0.25, 0.3) is 0 Å². The Labute approximate surface area is 97.9 Å². The minimum atomic E-state index is 0.317. The van der Waals surface area contributed by atoms with E-state index >= 15 is 0 Å². The summed E-state index contributed by atoms with van der Waals surface area (Å²) in [4.78, 5) is 1.25. The van der Waals surface area contributed by atoms with E-state index in [2.05, 4.69) is 18.3 Å². The Bertz CT molecular complexity index is 410. The summed E-state index contributed by atoms with van der Waals surface area (Å²) in [7, 11) is 0. The summed E-state index contributed by atoms with van der Waals surface area (Å²) in [5.74, 6) is 0. The third kappa shape index (κ3) is 2.84. The number of furan rings is 1. The largest absolute Gasteiger partial charge is 0.472 e. The van der Waals surface area contributed by atoms with Crippen molar-refractivity contribution in [3.63, 3.8) is 0 Å². The van der Waals surface area contributed by atoms with Gasteiger partial charge in [-0.15, -0.1) is 11.3 Å². The highest BCUT2D eigenvalue weighted by atomic mass is 35.5. The molecule has 0 aliphatic rings. The fraction of sp³-hybridized carbons (Fsp3) is 0.273. The maximum atomic E-state index is 5.88. The fourth-order valence-corrected chi connectivity index (χ4v) is 2.41. The van der Waals surface area contributed by atoms with E-state index in [1.165, 1.54) is 4.88 Å². The second kappa shape index (κ2) is 4.84. The highest BCUT2D eigenvalue weighted by Gasteiger charge is 2.07. The minimum Gasteiger partial charge on any atom is -0.472 e. The van der Waals surface area contributed by atoms with Crippen LogP contribution in [0.15, 0.2) is 35.1 Å². The topological polar surface area (TPSA) is 25.2 Å². The monoisotopic (exact) mass is 241 g/mol. The van der Waals surface area contributed by atoms with Crippen molar-refractivity contribution in [2.24, 2.45) is 0 Å². The zero-order chi connectivity index (χ0) is 10.7. The first-order valence-corrected chi connectivity index (χ1v) is 5.95.